The Morgan fingerprint density at radius 2 is 1.64 bits per heavy atom. The fourth-order valence-corrected chi connectivity index (χ4v) is 3.08. The smallest absolute Gasteiger partial charge is 0.317 e. The second kappa shape index (κ2) is 7.90. The second-order valence-electron chi connectivity index (χ2n) is 6.25. The summed E-state index contributed by atoms with van der Waals surface area (Å²) in [6, 6.07) is 11.6. The minimum absolute atomic E-state index is 0.00614. The van der Waals surface area contributed by atoms with Gasteiger partial charge in [0, 0.05) is 24.0 Å². The highest BCUT2D eigenvalue weighted by atomic mass is 16.4. The van der Waals surface area contributed by atoms with E-state index in [0.29, 0.717) is 25.9 Å². The van der Waals surface area contributed by atoms with Gasteiger partial charge in [-0.25, -0.2) is 0 Å². The maximum Gasteiger partial charge on any atom is 0.317 e. The van der Waals surface area contributed by atoms with Crippen molar-refractivity contribution < 1.29 is 14.7 Å². The number of anilines is 1. The number of aliphatic carboxylic acids is 1. The lowest BCUT2D eigenvalue weighted by Crippen LogP contribution is -2.40. The lowest BCUT2D eigenvalue weighted by atomic mass is 9.95. The van der Waals surface area contributed by atoms with Crippen molar-refractivity contribution in [2.24, 2.45) is 5.92 Å². The van der Waals surface area contributed by atoms with Crippen LogP contribution in [0.25, 0.3) is 11.1 Å². The number of benzene rings is 1. The molecule has 0 unspecified atom stereocenters. The minimum atomic E-state index is -0.822. The fourth-order valence-electron chi connectivity index (χ4n) is 3.08. The number of carboxylic acid groups (broad SMARTS) is 1. The van der Waals surface area contributed by atoms with Crippen LogP contribution in [0.1, 0.15) is 12.8 Å². The first kappa shape index (κ1) is 17.1. The number of pyridine rings is 1. The van der Waals surface area contributed by atoms with Crippen LogP contribution < -0.4 is 5.32 Å². The summed E-state index contributed by atoms with van der Waals surface area (Å²) in [6.07, 6.45) is 4.88. The number of hydrogen-bond acceptors (Lipinski definition) is 4. The molecule has 0 aliphatic carbocycles. The van der Waals surface area contributed by atoms with Gasteiger partial charge < -0.3 is 10.4 Å². The molecule has 0 saturated carbocycles. The molecule has 25 heavy (non-hydrogen) atoms. The van der Waals surface area contributed by atoms with Crippen molar-refractivity contribution in [3.05, 3.63) is 48.8 Å². The molecule has 130 valence electrons. The average molecular weight is 339 g/mol. The Hall–Kier alpha value is -2.73. The monoisotopic (exact) mass is 339 g/mol. The van der Waals surface area contributed by atoms with E-state index in [2.05, 4.69) is 10.3 Å². The lowest BCUT2D eigenvalue weighted by molar-refractivity contribution is -0.138. The van der Waals surface area contributed by atoms with Crippen molar-refractivity contribution in [3.63, 3.8) is 0 Å². The van der Waals surface area contributed by atoms with Crippen molar-refractivity contribution in [1.29, 1.82) is 0 Å². The molecule has 1 aromatic carbocycles. The third-order valence-electron chi connectivity index (χ3n) is 4.48. The number of piperidine rings is 1. The number of carbonyl (C=O) groups is 2. The molecule has 2 aromatic rings. The number of rotatable bonds is 5. The van der Waals surface area contributed by atoms with Gasteiger partial charge in [0.15, 0.2) is 0 Å². The molecule has 2 heterocycles. The highest BCUT2D eigenvalue weighted by Gasteiger charge is 2.25. The molecule has 0 radical (unpaired) electrons. The van der Waals surface area contributed by atoms with Crippen molar-refractivity contribution in [2.45, 2.75) is 12.8 Å². The van der Waals surface area contributed by atoms with Gasteiger partial charge in [-0.05, 0) is 61.3 Å². The number of amides is 1. The number of carboxylic acids is 1. The predicted molar refractivity (Wildman–Crippen MR) is 95.1 cm³/mol. The average Bonchev–Trinajstić information content (AvgIpc) is 2.63. The summed E-state index contributed by atoms with van der Waals surface area (Å²) in [4.78, 5) is 29.0. The normalized spacial score (nSPS) is 15.7. The topological polar surface area (TPSA) is 82.5 Å². The quantitative estimate of drug-likeness (QED) is 0.874. The molecule has 0 bridgehead atoms. The summed E-state index contributed by atoms with van der Waals surface area (Å²) in [5, 5.41) is 11.8. The zero-order valence-corrected chi connectivity index (χ0v) is 13.9. The van der Waals surface area contributed by atoms with Crippen molar-refractivity contribution >= 4 is 17.6 Å². The maximum atomic E-state index is 12.4. The van der Waals surface area contributed by atoms with Gasteiger partial charge in [0.1, 0.15) is 0 Å². The summed E-state index contributed by atoms with van der Waals surface area (Å²) in [7, 11) is 0. The zero-order valence-electron chi connectivity index (χ0n) is 13.9. The van der Waals surface area contributed by atoms with Crippen LogP contribution in [0, 0.1) is 5.92 Å². The summed E-state index contributed by atoms with van der Waals surface area (Å²) >= 11 is 0. The molecular formula is C19H21N3O3. The molecule has 1 aliphatic heterocycles. The molecule has 1 fully saturated rings. The van der Waals surface area contributed by atoms with Crippen molar-refractivity contribution in [2.75, 3.05) is 25.0 Å². The van der Waals surface area contributed by atoms with Gasteiger partial charge in [-0.2, -0.15) is 0 Å². The summed E-state index contributed by atoms with van der Waals surface area (Å²) in [6.45, 7) is 1.33. The number of likely N-dealkylation sites (tertiary alicyclic amines) is 1. The molecule has 6 nitrogen and oxygen atoms in total. The van der Waals surface area contributed by atoms with Crippen molar-refractivity contribution in [1.82, 2.24) is 9.88 Å². The van der Waals surface area contributed by atoms with E-state index in [9.17, 15) is 9.59 Å². The fraction of sp³-hybridized carbons (Fsp3) is 0.316. The molecule has 2 N–H and O–H groups in total. The summed E-state index contributed by atoms with van der Waals surface area (Å²) in [5.41, 5.74) is 2.93. The van der Waals surface area contributed by atoms with E-state index in [-0.39, 0.29) is 18.4 Å². The Bertz CT molecular complexity index is 723. The number of nitrogens with one attached hydrogen (secondary N) is 1. The van der Waals surface area contributed by atoms with Crippen LogP contribution in [0.2, 0.25) is 0 Å². The highest BCUT2D eigenvalue weighted by molar-refractivity contribution is 5.92. The Balaban J connectivity index is 1.54. The van der Waals surface area contributed by atoms with Crippen LogP contribution in [-0.2, 0) is 9.59 Å². The Labute approximate surface area is 146 Å². The van der Waals surface area contributed by atoms with Crippen LogP contribution in [0.15, 0.2) is 48.8 Å². The molecule has 1 amide bonds. The van der Waals surface area contributed by atoms with Gasteiger partial charge in [-0.1, -0.05) is 12.1 Å². The first-order valence-electron chi connectivity index (χ1n) is 8.37. The van der Waals surface area contributed by atoms with E-state index in [4.69, 9.17) is 5.11 Å². The molecule has 0 atom stereocenters. The molecule has 0 spiro atoms. The Morgan fingerprint density at radius 1 is 1.04 bits per heavy atom. The zero-order chi connectivity index (χ0) is 17.6. The van der Waals surface area contributed by atoms with Crippen LogP contribution in [-0.4, -0.2) is 46.5 Å². The van der Waals surface area contributed by atoms with Gasteiger partial charge in [0.2, 0.25) is 5.91 Å². The first-order chi connectivity index (χ1) is 12.1. The van der Waals surface area contributed by atoms with Crippen molar-refractivity contribution in [3.8, 4) is 11.1 Å². The molecular weight excluding hydrogens is 318 g/mol. The van der Waals surface area contributed by atoms with Gasteiger partial charge in [0.05, 0.1) is 6.54 Å². The SMILES string of the molecule is O=C(O)CN1CCC(C(=O)Nc2ccc(-c3ccncc3)cc2)CC1. The molecule has 3 rings (SSSR count). The molecule has 6 heteroatoms. The van der Waals surface area contributed by atoms with Crippen LogP contribution in [0.4, 0.5) is 5.69 Å². The third kappa shape index (κ3) is 4.64. The molecule has 1 saturated heterocycles. The van der Waals surface area contributed by atoms with E-state index in [1.807, 2.05) is 41.3 Å². The van der Waals surface area contributed by atoms with Gasteiger partial charge in [-0.3, -0.25) is 19.5 Å². The van der Waals surface area contributed by atoms with E-state index in [0.717, 1.165) is 16.8 Å². The minimum Gasteiger partial charge on any atom is -0.480 e. The maximum absolute atomic E-state index is 12.4. The molecule has 1 aliphatic rings. The number of aromatic nitrogens is 1. The highest BCUT2D eigenvalue weighted by Crippen LogP contribution is 2.22. The largest absolute Gasteiger partial charge is 0.480 e. The van der Waals surface area contributed by atoms with Gasteiger partial charge in [0.25, 0.3) is 0 Å². The van der Waals surface area contributed by atoms with E-state index in [1.165, 1.54) is 0 Å². The number of carbonyl (C=O) groups excluding carboxylic acids is 1. The number of hydrogen-bond donors (Lipinski definition) is 2. The lowest BCUT2D eigenvalue weighted by Gasteiger charge is -2.29. The summed E-state index contributed by atoms with van der Waals surface area (Å²) < 4.78 is 0. The van der Waals surface area contributed by atoms with Gasteiger partial charge in [-0.15, -0.1) is 0 Å². The first-order valence-corrected chi connectivity index (χ1v) is 8.37. The van der Waals surface area contributed by atoms with E-state index < -0.39 is 5.97 Å². The Kier molecular flexibility index (Phi) is 5.40. The van der Waals surface area contributed by atoms with Gasteiger partial charge >= 0.3 is 5.97 Å². The Morgan fingerprint density at radius 3 is 2.24 bits per heavy atom. The van der Waals surface area contributed by atoms with E-state index >= 15 is 0 Å². The summed E-state index contributed by atoms with van der Waals surface area (Å²) in [5.74, 6) is -0.881. The number of nitrogens with zero attached hydrogens (tertiary/aromatic N) is 2. The van der Waals surface area contributed by atoms with Crippen LogP contribution >= 0.6 is 0 Å². The third-order valence-corrected chi connectivity index (χ3v) is 4.48. The van der Waals surface area contributed by atoms with Crippen LogP contribution in [0.3, 0.4) is 0 Å². The van der Waals surface area contributed by atoms with Crippen LogP contribution in [0.5, 0.6) is 0 Å². The predicted octanol–water partition coefficient (Wildman–Crippen LogP) is 2.48. The molecule has 1 aromatic heterocycles. The standard InChI is InChI=1S/C19H21N3O3/c23-18(24)13-22-11-7-16(8-12-22)19(25)21-17-3-1-14(2-4-17)15-5-9-20-10-6-15/h1-6,9-10,16H,7-8,11-13H2,(H,21,25)(H,23,24). The van der Waals surface area contributed by atoms with E-state index in [1.54, 1.807) is 12.4 Å². The second-order valence-corrected chi connectivity index (χ2v) is 6.25.